The standard InChI is InChI=1S/C43H34N4/c1-28(2)31-18-13-19-32(24-31)33-25-34(40-38-22-10-9-20-36(38)37-21-11-12-23-39(37)44-40)27-35(26-33)43-46-41(29-14-5-3-6-15-29)45-42(47-43)30-16-7-4-8-17-30/h3-28,43H,1-2H3,(H,45,46,47). The predicted octanol–water partition coefficient (Wildman–Crippen LogP) is 10.3. The number of para-hydroxylation sites is 1. The maximum absolute atomic E-state index is 5.29. The van der Waals surface area contributed by atoms with E-state index < -0.39 is 0 Å². The smallest absolute Gasteiger partial charge is 0.159 e. The van der Waals surface area contributed by atoms with E-state index in [1.54, 1.807) is 0 Å². The molecule has 6 aromatic carbocycles. The zero-order valence-corrected chi connectivity index (χ0v) is 26.4. The number of hydrogen-bond acceptors (Lipinski definition) is 4. The molecule has 1 aliphatic heterocycles. The molecule has 226 valence electrons. The van der Waals surface area contributed by atoms with Crippen molar-refractivity contribution < 1.29 is 0 Å². The summed E-state index contributed by atoms with van der Waals surface area (Å²) in [4.78, 5) is 15.5. The van der Waals surface area contributed by atoms with Crippen LogP contribution in [0.3, 0.4) is 0 Å². The number of amidine groups is 2. The van der Waals surface area contributed by atoms with Gasteiger partial charge in [-0.2, -0.15) is 0 Å². The van der Waals surface area contributed by atoms with E-state index in [2.05, 4.69) is 134 Å². The van der Waals surface area contributed by atoms with Gasteiger partial charge in [0.15, 0.2) is 5.84 Å². The SMILES string of the molecule is CC(C)c1cccc(-c2cc(-c3nc4ccccc4c4ccccc34)cc(C3N=C(c4ccccc4)N=C(c4ccccc4)N3)c2)c1. The summed E-state index contributed by atoms with van der Waals surface area (Å²) in [7, 11) is 0. The van der Waals surface area contributed by atoms with E-state index >= 15 is 0 Å². The first-order valence-corrected chi connectivity index (χ1v) is 16.2. The number of benzene rings is 6. The normalized spacial score (nSPS) is 14.6. The maximum atomic E-state index is 5.29. The van der Waals surface area contributed by atoms with Crippen LogP contribution in [0.5, 0.6) is 0 Å². The lowest BCUT2D eigenvalue weighted by atomic mass is 9.92. The summed E-state index contributed by atoms with van der Waals surface area (Å²) < 4.78 is 0. The molecule has 47 heavy (non-hydrogen) atoms. The molecule has 1 atom stereocenters. The van der Waals surface area contributed by atoms with Gasteiger partial charge in [0.1, 0.15) is 12.0 Å². The molecule has 1 N–H and O–H groups in total. The van der Waals surface area contributed by atoms with Gasteiger partial charge in [0.05, 0.1) is 11.2 Å². The highest BCUT2D eigenvalue weighted by atomic mass is 15.2. The van der Waals surface area contributed by atoms with Gasteiger partial charge >= 0.3 is 0 Å². The Morgan fingerprint density at radius 3 is 1.94 bits per heavy atom. The Labute approximate surface area is 275 Å². The van der Waals surface area contributed by atoms with Crippen molar-refractivity contribution >= 4 is 33.3 Å². The average molecular weight is 607 g/mol. The van der Waals surface area contributed by atoms with Crippen molar-refractivity contribution in [3.8, 4) is 22.4 Å². The van der Waals surface area contributed by atoms with Crippen LogP contribution in [0.4, 0.5) is 0 Å². The molecule has 1 unspecified atom stereocenters. The Morgan fingerprint density at radius 2 is 1.17 bits per heavy atom. The number of aromatic nitrogens is 1. The van der Waals surface area contributed by atoms with Crippen LogP contribution in [0.1, 0.15) is 48.2 Å². The van der Waals surface area contributed by atoms with E-state index in [0.29, 0.717) is 11.8 Å². The van der Waals surface area contributed by atoms with Crippen LogP contribution in [0.15, 0.2) is 162 Å². The van der Waals surface area contributed by atoms with Crippen LogP contribution in [-0.2, 0) is 0 Å². The zero-order valence-electron chi connectivity index (χ0n) is 26.4. The summed E-state index contributed by atoms with van der Waals surface area (Å²) in [6.45, 7) is 4.48. The van der Waals surface area contributed by atoms with E-state index in [1.165, 1.54) is 16.5 Å². The van der Waals surface area contributed by atoms with Crippen LogP contribution >= 0.6 is 0 Å². The fraction of sp³-hybridized carbons (Fsp3) is 0.0930. The Bertz CT molecular complexity index is 2300. The number of hydrogen-bond donors (Lipinski definition) is 1. The molecule has 8 rings (SSSR count). The van der Waals surface area contributed by atoms with Crippen molar-refractivity contribution in [2.24, 2.45) is 9.98 Å². The van der Waals surface area contributed by atoms with E-state index in [1.807, 2.05) is 36.4 Å². The maximum Gasteiger partial charge on any atom is 0.159 e. The lowest BCUT2D eigenvalue weighted by Gasteiger charge is -2.25. The summed E-state index contributed by atoms with van der Waals surface area (Å²) in [5.41, 5.74) is 9.64. The highest BCUT2D eigenvalue weighted by Crippen LogP contribution is 2.37. The highest BCUT2D eigenvalue weighted by molar-refractivity contribution is 6.13. The van der Waals surface area contributed by atoms with Gasteiger partial charge in [-0.05, 0) is 57.8 Å². The molecule has 7 aromatic rings. The molecule has 1 aliphatic rings. The van der Waals surface area contributed by atoms with Gasteiger partial charge in [0.25, 0.3) is 0 Å². The van der Waals surface area contributed by atoms with Gasteiger partial charge in [-0.15, -0.1) is 0 Å². The Kier molecular flexibility index (Phi) is 7.39. The van der Waals surface area contributed by atoms with Crippen molar-refractivity contribution in [1.82, 2.24) is 10.3 Å². The van der Waals surface area contributed by atoms with Crippen molar-refractivity contribution in [2.45, 2.75) is 25.9 Å². The number of nitrogens with one attached hydrogen (secondary N) is 1. The topological polar surface area (TPSA) is 49.6 Å². The minimum atomic E-state index is -0.364. The van der Waals surface area contributed by atoms with Crippen LogP contribution < -0.4 is 5.32 Å². The molecule has 0 saturated heterocycles. The van der Waals surface area contributed by atoms with Crippen LogP contribution in [-0.4, -0.2) is 16.7 Å². The van der Waals surface area contributed by atoms with Crippen molar-refractivity contribution in [1.29, 1.82) is 0 Å². The second kappa shape index (κ2) is 12.1. The van der Waals surface area contributed by atoms with Crippen LogP contribution in [0.25, 0.3) is 44.1 Å². The molecule has 1 aromatic heterocycles. The van der Waals surface area contributed by atoms with Crippen LogP contribution in [0, 0.1) is 0 Å². The molecule has 0 saturated carbocycles. The summed E-state index contributed by atoms with van der Waals surface area (Å²) in [6.07, 6.45) is -0.364. The number of fused-ring (bicyclic) bond motifs is 3. The summed E-state index contributed by atoms with van der Waals surface area (Å²) in [5.74, 6) is 1.93. The van der Waals surface area contributed by atoms with Crippen molar-refractivity contribution in [2.75, 3.05) is 0 Å². The molecule has 4 heteroatoms. The minimum Gasteiger partial charge on any atom is -0.344 e. The molecule has 2 heterocycles. The monoisotopic (exact) mass is 606 g/mol. The van der Waals surface area contributed by atoms with E-state index in [0.717, 1.165) is 55.6 Å². The largest absolute Gasteiger partial charge is 0.344 e. The average Bonchev–Trinajstić information content (AvgIpc) is 3.15. The van der Waals surface area contributed by atoms with Gasteiger partial charge in [-0.3, -0.25) is 0 Å². The van der Waals surface area contributed by atoms with E-state index in [9.17, 15) is 0 Å². The molecule has 0 aliphatic carbocycles. The zero-order chi connectivity index (χ0) is 31.7. The van der Waals surface area contributed by atoms with Gasteiger partial charge in [-0.1, -0.05) is 141 Å². The number of rotatable bonds is 6. The van der Waals surface area contributed by atoms with Gasteiger partial charge in [-0.25, -0.2) is 15.0 Å². The first-order valence-electron chi connectivity index (χ1n) is 16.2. The lowest BCUT2D eigenvalue weighted by Crippen LogP contribution is -2.33. The van der Waals surface area contributed by atoms with E-state index in [4.69, 9.17) is 15.0 Å². The minimum absolute atomic E-state index is 0.364. The molecule has 0 spiro atoms. The Balaban J connectivity index is 1.36. The fourth-order valence-electron chi connectivity index (χ4n) is 6.39. The fourth-order valence-corrected chi connectivity index (χ4v) is 6.39. The van der Waals surface area contributed by atoms with E-state index in [-0.39, 0.29) is 6.17 Å². The molecule has 4 nitrogen and oxygen atoms in total. The third-order valence-electron chi connectivity index (χ3n) is 8.86. The Morgan fingerprint density at radius 1 is 0.532 bits per heavy atom. The molecule has 0 bridgehead atoms. The first kappa shape index (κ1) is 28.6. The highest BCUT2D eigenvalue weighted by Gasteiger charge is 2.23. The van der Waals surface area contributed by atoms with Gasteiger partial charge < -0.3 is 5.32 Å². The summed E-state index contributed by atoms with van der Waals surface area (Å²) in [5, 5.41) is 7.16. The first-order chi connectivity index (χ1) is 23.1. The molecule has 0 fully saturated rings. The second-order valence-electron chi connectivity index (χ2n) is 12.3. The molecule has 0 amide bonds. The molecular weight excluding hydrogens is 573 g/mol. The second-order valence-corrected chi connectivity index (χ2v) is 12.3. The number of aliphatic imine (C=N–C) groups is 2. The summed E-state index contributed by atoms with van der Waals surface area (Å²) >= 11 is 0. The molecular formula is C43H34N4. The van der Waals surface area contributed by atoms with Crippen molar-refractivity contribution in [3.63, 3.8) is 0 Å². The Hall–Kier alpha value is -5.87. The lowest BCUT2D eigenvalue weighted by molar-refractivity contribution is 0.674. The van der Waals surface area contributed by atoms with Gasteiger partial charge in [0.2, 0.25) is 0 Å². The van der Waals surface area contributed by atoms with Gasteiger partial charge in [0, 0.05) is 27.5 Å². The van der Waals surface area contributed by atoms with Crippen LogP contribution in [0.2, 0.25) is 0 Å². The number of nitrogens with zero attached hydrogens (tertiary/aromatic N) is 3. The van der Waals surface area contributed by atoms with Crippen molar-refractivity contribution in [3.05, 3.63) is 174 Å². The third-order valence-corrected chi connectivity index (χ3v) is 8.86. The molecule has 0 radical (unpaired) electrons. The summed E-state index contributed by atoms with van der Waals surface area (Å²) in [6, 6.07) is 53.1. The number of pyridine rings is 1. The predicted molar refractivity (Wildman–Crippen MR) is 196 cm³/mol. The quantitative estimate of drug-likeness (QED) is 0.192. The third kappa shape index (κ3) is 5.59.